The van der Waals surface area contributed by atoms with Crippen molar-refractivity contribution in [1.29, 1.82) is 0 Å². The number of pyridine rings is 2. The van der Waals surface area contributed by atoms with E-state index >= 15 is 0 Å². The van der Waals surface area contributed by atoms with E-state index in [2.05, 4.69) is 0 Å². The molecule has 6 heteroatoms. The summed E-state index contributed by atoms with van der Waals surface area (Å²) < 4.78 is 11.5. The minimum Gasteiger partial charge on any atom is -0.459 e. The summed E-state index contributed by atoms with van der Waals surface area (Å²) in [6, 6.07) is 18.6. The maximum atomic E-state index is 13.4. The average Bonchev–Trinajstić information content (AvgIpc) is 2.87. The number of para-hydroxylation sites is 2. The summed E-state index contributed by atoms with van der Waals surface area (Å²) >= 11 is 0. The Kier molecular flexibility index (Phi) is 7.93. The van der Waals surface area contributed by atoms with Gasteiger partial charge in [0.05, 0.1) is 34.4 Å². The second-order valence-electron chi connectivity index (χ2n) is 9.16. The van der Waals surface area contributed by atoms with E-state index in [9.17, 15) is 9.59 Å². The van der Waals surface area contributed by atoms with Crippen molar-refractivity contribution in [2.24, 2.45) is 0 Å². The fourth-order valence-corrected chi connectivity index (χ4v) is 4.33. The van der Waals surface area contributed by atoms with Crippen LogP contribution in [-0.2, 0) is 9.47 Å². The Bertz CT molecular complexity index is 1290. The molecular formula is C30H32N2O4. The van der Waals surface area contributed by atoms with E-state index in [0.717, 1.165) is 36.5 Å². The average molecular weight is 485 g/mol. The highest BCUT2D eigenvalue weighted by atomic mass is 16.5. The first-order valence-electron chi connectivity index (χ1n) is 12.6. The molecule has 4 aromatic rings. The van der Waals surface area contributed by atoms with E-state index in [1.807, 2.05) is 76.2 Å². The van der Waals surface area contributed by atoms with Crippen LogP contribution in [0, 0.1) is 0 Å². The second kappa shape index (κ2) is 11.3. The molecule has 6 nitrogen and oxygen atoms in total. The quantitative estimate of drug-likeness (QED) is 0.235. The molecule has 0 radical (unpaired) electrons. The van der Waals surface area contributed by atoms with Gasteiger partial charge in [0, 0.05) is 10.8 Å². The van der Waals surface area contributed by atoms with Gasteiger partial charge in [0.15, 0.2) is 0 Å². The van der Waals surface area contributed by atoms with E-state index in [1.165, 1.54) is 0 Å². The zero-order valence-electron chi connectivity index (χ0n) is 21.3. The van der Waals surface area contributed by atoms with Crippen molar-refractivity contribution in [3.05, 3.63) is 71.8 Å². The number of benzene rings is 2. The molecule has 0 unspecified atom stereocenters. The summed E-state index contributed by atoms with van der Waals surface area (Å²) in [4.78, 5) is 36.4. The number of hydrogen-bond acceptors (Lipinski definition) is 6. The smallest absolute Gasteiger partial charge is 0.340 e. The molecule has 0 aliphatic carbocycles. The Morgan fingerprint density at radius 2 is 1.08 bits per heavy atom. The molecule has 2 heterocycles. The van der Waals surface area contributed by atoms with Gasteiger partial charge in [-0.3, -0.25) is 0 Å². The molecule has 0 saturated carbocycles. The van der Waals surface area contributed by atoms with E-state index < -0.39 is 11.9 Å². The summed E-state index contributed by atoms with van der Waals surface area (Å²) in [5.41, 5.74) is 2.55. The van der Waals surface area contributed by atoms with Crippen LogP contribution in [0.1, 0.15) is 74.1 Å². The summed E-state index contributed by atoms with van der Waals surface area (Å²) in [5.74, 6) is -0.976. The van der Waals surface area contributed by atoms with Crippen LogP contribution in [0.3, 0.4) is 0 Å². The molecule has 4 rings (SSSR count). The summed E-state index contributed by atoms with van der Waals surface area (Å²) in [5, 5.41) is 1.61. The highest BCUT2D eigenvalue weighted by Crippen LogP contribution is 2.31. The van der Waals surface area contributed by atoms with Gasteiger partial charge in [0.1, 0.15) is 11.4 Å². The van der Waals surface area contributed by atoms with Crippen LogP contribution in [0.15, 0.2) is 60.7 Å². The minimum absolute atomic E-state index is 0.245. The molecule has 0 saturated heterocycles. The third-order valence-electron chi connectivity index (χ3n) is 6.12. The van der Waals surface area contributed by atoms with Crippen molar-refractivity contribution in [1.82, 2.24) is 9.97 Å². The van der Waals surface area contributed by atoms with Gasteiger partial charge in [0.2, 0.25) is 0 Å². The van der Waals surface area contributed by atoms with Gasteiger partial charge in [-0.2, -0.15) is 0 Å². The van der Waals surface area contributed by atoms with Crippen molar-refractivity contribution in [3.8, 4) is 11.4 Å². The number of aromatic nitrogens is 2. The SMILES string of the molecule is CCC[C@@H](C)OC(=O)c1cc2ccccc2nc1-c1nc2ccccc2cc1C(=O)O[C@H](C)CCC. The first-order valence-corrected chi connectivity index (χ1v) is 12.6. The number of nitrogens with zero attached hydrogens (tertiary/aromatic N) is 2. The number of rotatable bonds is 9. The van der Waals surface area contributed by atoms with Crippen molar-refractivity contribution < 1.29 is 19.1 Å². The predicted molar refractivity (Wildman–Crippen MR) is 142 cm³/mol. The minimum atomic E-state index is -0.488. The zero-order chi connectivity index (χ0) is 25.7. The van der Waals surface area contributed by atoms with Gasteiger partial charge >= 0.3 is 11.9 Å². The highest BCUT2D eigenvalue weighted by molar-refractivity contribution is 6.05. The van der Waals surface area contributed by atoms with Crippen molar-refractivity contribution in [2.75, 3.05) is 0 Å². The van der Waals surface area contributed by atoms with Gasteiger partial charge in [-0.05, 0) is 51.0 Å². The molecule has 2 atom stereocenters. The Morgan fingerprint density at radius 3 is 1.47 bits per heavy atom. The first kappa shape index (κ1) is 25.3. The summed E-state index contributed by atoms with van der Waals surface area (Å²) in [7, 11) is 0. The lowest BCUT2D eigenvalue weighted by Gasteiger charge is -2.17. The molecule has 0 N–H and O–H groups in total. The monoisotopic (exact) mass is 484 g/mol. The van der Waals surface area contributed by atoms with Gasteiger partial charge in [-0.1, -0.05) is 63.1 Å². The fourth-order valence-electron chi connectivity index (χ4n) is 4.33. The molecule has 186 valence electrons. The van der Waals surface area contributed by atoms with Crippen molar-refractivity contribution >= 4 is 33.7 Å². The van der Waals surface area contributed by atoms with E-state index in [0.29, 0.717) is 22.4 Å². The zero-order valence-corrected chi connectivity index (χ0v) is 21.3. The third-order valence-corrected chi connectivity index (χ3v) is 6.12. The molecule has 0 aliphatic heterocycles. The van der Waals surface area contributed by atoms with Crippen LogP contribution >= 0.6 is 0 Å². The van der Waals surface area contributed by atoms with Crippen LogP contribution in [0.5, 0.6) is 0 Å². The van der Waals surface area contributed by atoms with E-state index in [-0.39, 0.29) is 23.3 Å². The molecule has 2 aromatic carbocycles. The summed E-state index contributed by atoms with van der Waals surface area (Å²) in [6.45, 7) is 7.84. The Balaban J connectivity index is 1.92. The fraction of sp³-hybridized carbons (Fsp3) is 0.333. The normalized spacial score (nSPS) is 12.9. The molecule has 36 heavy (non-hydrogen) atoms. The molecule has 0 amide bonds. The number of carbonyl (C=O) groups excluding carboxylic acids is 2. The lowest BCUT2D eigenvalue weighted by Crippen LogP contribution is -2.18. The largest absolute Gasteiger partial charge is 0.459 e. The predicted octanol–water partition coefficient (Wildman–Crippen LogP) is 7.14. The number of hydrogen-bond donors (Lipinski definition) is 0. The Labute approximate surface area is 211 Å². The molecule has 0 spiro atoms. The van der Waals surface area contributed by atoms with Crippen molar-refractivity contribution in [3.63, 3.8) is 0 Å². The second-order valence-corrected chi connectivity index (χ2v) is 9.16. The molecule has 0 fully saturated rings. The number of esters is 2. The number of fused-ring (bicyclic) bond motifs is 2. The van der Waals surface area contributed by atoms with Crippen LogP contribution in [-0.4, -0.2) is 34.1 Å². The van der Waals surface area contributed by atoms with Gasteiger partial charge in [0.25, 0.3) is 0 Å². The van der Waals surface area contributed by atoms with Gasteiger partial charge in [-0.15, -0.1) is 0 Å². The molecule has 2 aromatic heterocycles. The van der Waals surface area contributed by atoms with E-state index in [4.69, 9.17) is 19.4 Å². The van der Waals surface area contributed by atoms with Gasteiger partial charge in [-0.25, -0.2) is 19.6 Å². The van der Waals surface area contributed by atoms with Crippen LogP contribution < -0.4 is 0 Å². The van der Waals surface area contributed by atoms with Crippen LogP contribution in [0.4, 0.5) is 0 Å². The standard InChI is InChI=1S/C30H32N2O4/c1-5-11-19(3)35-29(33)23-17-21-13-7-9-15-25(21)31-27(23)28-24(30(34)36-20(4)12-6-2)18-22-14-8-10-16-26(22)32-28/h7-10,13-20H,5-6,11-12H2,1-4H3/t19-,20-/m1/s1. The Morgan fingerprint density at radius 1 is 0.694 bits per heavy atom. The molecule has 0 aliphatic rings. The summed E-state index contributed by atoms with van der Waals surface area (Å²) in [6.07, 6.45) is 2.81. The van der Waals surface area contributed by atoms with Crippen LogP contribution in [0.25, 0.3) is 33.2 Å². The lowest BCUT2D eigenvalue weighted by atomic mass is 10.0. The molecular weight excluding hydrogens is 452 g/mol. The maximum Gasteiger partial charge on any atom is 0.340 e. The third kappa shape index (κ3) is 5.54. The first-order chi connectivity index (χ1) is 17.4. The number of ether oxygens (including phenoxy) is 2. The van der Waals surface area contributed by atoms with E-state index in [1.54, 1.807) is 12.1 Å². The lowest BCUT2D eigenvalue weighted by molar-refractivity contribution is 0.0311. The Hall–Kier alpha value is -3.80. The highest BCUT2D eigenvalue weighted by Gasteiger charge is 2.26. The molecule has 0 bridgehead atoms. The topological polar surface area (TPSA) is 78.4 Å². The van der Waals surface area contributed by atoms with Crippen LogP contribution in [0.2, 0.25) is 0 Å². The number of carbonyl (C=O) groups is 2. The van der Waals surface area contributed by atoms with Gasteiger partial charge < -0.3 is 9.47 Å². The van der Waals surface area contributed by atoms with Crippen molar-refractivity contribution in [2.45, 2.75) is 65.6 Å². The maximum absolute atomic E-state index is 13.4.